The lowest BCUT2D eigenvalue weighted by Crippen LogP contribution is -2.50. The van der Waals surface area contributed by atoms with Gasteiger partial charge in [0.1, 0.15) is 0 Å². The number of carbonyl (C=O) groups is 2. The van der Waals surface area contributed by atoms with Crippen LogP contribution in [0, 0.1) is 23.2 Å². The van der Waals surface area contributed by atoms with Crippen LogP contribution in [-0.2, 0) is 4.79 Å². The van der Waals surface area contributed by atoms with Crippen LogP contribution in [0.3, 0.4) is 0 Å². The van der Waals surface area contributed by atoms with Gasteiger partial charge in [0.15, 0.2) is 11.0 Å². The molecule has 5 rings (SSSR count). The van der Waals surface area contributed by atoms with Crippen molar-refractivity contribution in [2.45, 2.75) is 64.5 Å². The lowest BCUT2D eigenvalue weighted by molar-refractivity contribution is -0.134. The van der Waals surface area contributed by atoms with E-state index in [1.807, 2.05) is 30.3 Å². The second-order valence-electron chi connectivity index (χ2n) is 9.68. The molecular formula is C22H29O2P. The van der Waals surface area contributed by atoms with Gasteiger partial charge in [0.25, 0.3) is 0 Å². The summed E-state index contributed by atoms with van der Waals surface area (Å²) < 4.78 is 0. The number of hydrogen-bond donors (Lipinski definition) is 0. The van der Waals surface area contributed by atoms with E-state index in [9.17, 15) is 9.59 Å². The highest BCUT2D eigenvalue weighted by atomic mass is 31.1. The van der Waals surface area contributed by atoms with E-state index in [0.717, 1.165) is 37.0 Å². The van der Waals surface area contributed by atoms with Crippen LogP contribution in [0.4, 0.5) is 0 Å². The standard InChI is InChI=1S/C22H29O2P/c1-21(2,3)25(19(23)18-7-5-4-6-8-18)20(24)22-12-15-9-16(13-22)11-17(10-15)14-22/h4-8,15-17H,9-14H2,1-3H3. The Bertz CT molecular complexity index is 650. The third-order valence-electron chi connectivity index (χ3n) is 6.59. The summed E-state index contributed by atoms with van der Waals surface area (Å²) >= 11 is 0. The maximum absolute atomic E-state index is 13.9. The van der Waals surface area contributed by atoms with Crippen molar-refractivity contribution < 1.29 is 9.59 Å². The highest BCUT2D eigenvalue weighted by Crippen LogP contribution is 2.66. The number of hydrogen-bond acceptors (Lipinski definition) is 2. The fourth-order valence-corrected chi connectivity index (χ4v) is 8.58. The first-order valence-electron chi connectivity index (χ1n) is 9.72. The number of carbonyl (C=O) groups excluding carboxylic acids is 2. The van der Waals surface area contributed by atoms with Gasteiger partial charge in [-0.25, -0.2) is 0 Å². The smallest absolute Gasteiger partial charge is 0.192 e. The Hall–Kier alpha value is -1.01. The Balaban J connectivity index is 1.69. The lowest BCUT2D eigenvalue weighted by atomic mass is 9.50. The molecule has 0 amide bonds. The van der Waals surface area contributed by atoms with E-state index in [0.29, 0.717) is 11.1 Å². The van der Waals surface area contributed by atoms with E-state index in [1.165, 1.54) is 19.3 Å². The van der Waals surface area contributed by atoms with Crippen LogP contribution in [0.2, 0.25) is 0 Å². The van der Waals surface area contributed by atoms with E-state index in [4.69, 9.17) is 0 Å². The molecule has 1 atom stereocenters. The molecule has 4 saturated carbocycles. The molecule has 4 bridgehead atoms. The molecule has 2 nitrogen and oxygen atoms in total. The number of benzene rings is 1. The Morgan fingerprint density at radius 3 is 1.84 bits per heavy atom. The van der Waals surface area contributed by atoms with Crippen LogP contribution in [0.1, 0.15) is 69.7 Å². The van der Waals surface area contributed by atoms with Gasteiger partial charge >= 0.3 is 0 Å². The maximum atomic E-state index is 13.9. The van der Waals surface area contributed by atoms with Crippen LogP contribution < -0.4 is 0 Å². The van der Waals surface area contributed by atoms with Crippen molar-refractivity contribution in [1.82, 2.24) is 0 Å². The predicted molar refractivity (Wildman–Crippen MR) is 103 cm³/mol. The first kappa shape index (κ1) is 17.4. The lowest BCUT2D eigenvalue weighted by Gasteiger charge is -2.57. The van der Waals surface area contributed by atoms with Crippen LogP contribution in [0.15, 0.2) is 30.3 Å². The third-order valence-corrected chi connectivity index (χ3v) is 9.48. The van der Waals surface area contributed by atoms with Gasteiger partial charge in [-0.3, -0.25) is 9.59 Å². The molecule has 0 heterocycles. The SMILES string of the molecule is CC(C)(C)P(C(=O)c1ccccc1)C(=O)C12CC3CC(CC(C3)C1)C2. The fourth-order valence-electron chi connectivity index (χ4n) is 6.02. The van der Waals surface area contributed by atoms with Crippen LogP contribution in [0.5, 0.6) is 0 Å². The Morgan fingerprint density at radius 1 is 0.920 bits per heavy atom. The zero-order valence-corrected chi connectivity index (χ0v) is 16.5. The monoisotopic (exact) mass is 356 g/mol. The van der Waals surface area contributed by atoms with Gasteiger partial charge in [-0.15, -0.1) is 0 Å². The molecule has 134 valence electrons. The Morgan fingerprint density at radius 2 is 1.40 bits per heavy atom. The van der Waals surface area contributed by atoms with Crippen molar-refractivity contribution in [3.8, 4) is 0 Å². The minimum absolute atomic E-state index is 0.0869. The maximum Gasteiger partial charge on any atom is 0.192 e. The van der Waals surface area contributed by atoms with Gasteiger partial charge in [-0.05, 0) is 61.4 Å². The zero-order valence-electron chi connectivity index (χ0n) is 15.6. The van der Waals surface area contributed by atoms with Crippen molar-refractivity contribution in [2.75, 3.05) is 0 Å². The van der Waals surface area contributed by atoms with Crippen LogP contribution >= 0.6 is 7.92 Å². The van der Waals surface area contributed by atoms with Gasteiger partial charge < -0.3 is 0 Å². The van der Waals surface area contributed by atoms with E-state index in [1.54, 1.807) is 0 Å². The summed E-state index contributed by atoms with van der Waals surface area (Å²) in [6, 6.07) is 9.47. The molecule has 25 heavy (non-hydrogen) atoms. The largest absolute Gasteiger partial charge is 0.293 e. The molecule has 1 aromatic carbocycles. The van der Waals surface area contributed by atoms with Crippen molar-refractivity contribution in [1.29, 1.82) is 0 Å². The molecule has 1 aromatic rings. The molecule has 4 fully saturated rings. The molecular weight excluding hydrogens is 327 g/mol. The van der Waals surface area contributed by atoms with Gasteiger partial charge in [0.05, 0.1) is 0 Å². The molecule has 0 aromatic heterocycles. The second kappa shape index (κ2) is 6.02. The molecule has 4 aliphatic carbocycles. The van der Waals surface area contributed by atoms with Gasteiger partial charge in [-0.2, -0.15) is 0 Å². The summed E-state index contributed by atoms with van der Waals surface area (Å²) in [4.78, 5) is 27.2. The first-order valence-corrected chi connectivity index (χ1v) is 11.1. The quantitative estimate of drug-likeness (QED) is 0.634. The Kier molecular flexibility index (Phi) is 4.19. The molecule has 0 saturated heterocycles. The fraction of sp³-hybridized carbons (Fsp3) is 0.636. The van der Waals surface area contributed by atoms with E-state index < -0.39 is 7.92 Å². The molecule has 0 N–H and O–H groups in total. The summed E-state index contributed by atoms with van der Waals surface area (Å²) in [6.45, 7) is 6.24. The molecule has 4 aliphatic rings. The summed E-state index contributed by atoms with van der Waals surface area (Å²) in [5.74, 6) is 2.21. The summed E-state index contributed by atoms with van der Waals surface area (Å²) in [7, 11) is -1.34. The van der Waals surface area contributed by atoms with Gasteiger partial charge in [-0.1, -0.05) is 51.1 Å². The normalized spacial score (nSPS) is 34.8. The third kappa shape index (κ3) is 3.01. The molecule has 0 aliphatic heterocycles. The summed E-state index contributed by atoms with van der Waals surface area (Å²) in [5, 5.41) is -0.275. The molecule has 0 spiro atoms. The predicted octanol–water partition coefficient (Wildman–Crippen LogP) is 5.85. The summed E-state index contributed by atoms with van der Waals surface area (Å²) in [6.07, 6.45) is 7.13. The first-order chi connectivity index (χ1) is 11.8. The zero-order chi connectivity index (χ0) is 17.8. The van der Waals surface area contributed by atoms with Crippen molar-refractivity contribution in [2.24, 2.45) is 23.2 Å². The highest BCUT2D eigenvalue weighted by Gasteiger charge is 2.57. The highest BCUT2D eigenvalue weighted by molar-refractivity contribution is 7.91. The average Bonchev–Trinajstić information content (AvgIpc) is 2.53. The molecule has 0 radical (unpaired) electrons. The van der Waals surface area contributed by atoms with Gasteiger partial charge in [0.2, 0.25) is 0 Å². The van der Waals surface area contributed by atoms with Crippen molar-refractivity contribution in [3.05, 3.63) is 35.9 Å². The number of rotatable bonds is 4. The van der Waals surface area contributed by atoms with Gasteiger partial charge in [0, 0.05) is 18.9 Å². The summed E-state index contributed by atoms with van der Waals surface area (Å²) in [5.41, 5.74) is 0.937. The van der Waals surface area contributed by atoms with Crippen LogP contribution in [-0.4, -0.2) is 16.2 Å². The van der Waals surface area contributed by atoms with E-state index in [-0.39, 0.29) is 16.1 Å². The topological polar surface area (TPSA) is 34.1 Å². The van der Waals surface area contributed by atoms with E-state index in [2.05, 4.69) is 20.8 Å². The van der Waals surface area contributed by atoms with E-state index >= 15 is 0 Å². The Labute approximate surface area is 152 Å². The molecule has 1 unspecified atom stereocenters. The minimum Gasteiger partial charge on any atom is -0.293 e. The molecule has 3 heteroatoms. The average molecular weight is 356 g/mol. The minimum atomic E-state index is -1.34. The van der Waals surface area contributed by atoms with Crippen molar-refractivity contribution >= 4 is 19.0 Å². The van der Waals surface area contributed by atoms with Crippen LogP contribution in [0.25, 0.3) is 0 Å². The van der Waals surface area contributed by atoms with Crippen molar-refractivity contribution in [3.63, 3.8) is 0 Å². The second-order valence-corrected chi connectivity index (χ2v) is 12.5.